The Kier molecular flexibility index (Phi) is 5.77. The van der Waals surface area contributed by atoms with E-state index in [1.54, 1.807) is 23.1 Å². The summed E-state index contributed by atoms with van der Waals surface area (Å²) >= 11 is 0. The lowest BCUT2D eigenvalue weighted by Gasteiger charge is -2.28. The summed E-state index contributed by atoms with van der Waals surface area (Å²) in [6.45, 7) is 0. The number of aromatic hydroxyl groups is 2. The molecular formula is C24H23FN2O4. The maximum atomic E-state index is 13.2. The van der Waals surface area contributed by atoms with Gasteiger partial charge in [-0.2, -0.15) is 0 Å². The molecule has 4 N–H and O–H groups in total. The van der Waals surface area contributed by atoms with Gasteiger partial charge in [-0.25, -0.2) is 9.18 Å². The van der Waals surface area contributed by atoms with Crippen LogP contribution in [-0.4, -0.2) is 27.4 Å². The minimum atomic E-state index is -0.822. The summed E-state index contributed by atoms with van der Waals surface area (Å²) in [7, 11) is 0. The molecular weight excluding hydrogens is 399 g/mol. The van der Waals surface area contributed by atoms with Gasteiger partial charge < -0.3 is 20.6 Å². The Labute approximate surface area is 179 Å². The van der Waals surface area contributed by atoms with Crippen molar-refractivity contribution in [3.8, 4) is 11.5 Å². The number of hydrogen-bond acceptors (Lipinski definition) is 4. The first kappa shape index (κ1) is 20.7. The van der Waals surface area contributed by atoms with Crippen LogP contribution in [0.2, 0.25) is 0 Å². The quantitative estimate of drug-likeness (QED) is 0.474. The molecule has 0 spiro atoms. The zero-order valence-electron chi connectivity index (χ0n) is 16.6. The number of urea groups is 1. The Hall–Kier alpha value is -3.58. The van der Waals surface area contributed by atoms with Gasteiger partial charge in [0, 0.05) is 17.3 Å². The second-order valence-electron chi connectivity index (χ2n) is 7.59. The van der Waals surface area contributed by atoms with Crippen LogP contribution in [0.1, 0.15) is 36.1 Å². The van der Waals surface area contributed by atoms with Crippen molar-refractivity contribution in [2.75, 3.05) is 4.90 Å². The summed E-state index contributed by atoms with van der Waals surface area (Å²) in [5.41, 5.74) is 1.75. The second kappa shape index (κ2) is 8.65. The second-order valence-corrected chi connectivity index (χ2v) is 7.59. The first-order valence-electron chi connectivity index (χ1n) is 10.0. The molecule has 1 aliphatic rings. The van der Waals surface area contributed by atoms with E-state index in [2.05, 4.69) is 5.32 Å². The molecule has 4 rings (SSSR count). The maximum Gasteiger partial charge on any atom is 0.322 e. The Bertz CT molecular complexity index is 1060. The molecule has 1 heterocycles. The van der Waals surface area contributed by atoms with Crippen LogP contribution >= 0.6 is 0 Å². The van der Waals surface area contributed by atoms with Crippen LogP contribution in [-0.2, 0) is 0 Å². The zero-order valence-corrected chi connectivity index (χ0v) is 16.6. The molecule has 0 bridgehead atoms. The Morgan fingerprint density at radius 2 is 1.71 bits per heavy atom. The van der Waals surface area contributed by atoms with Gasteiger partial charge in [0.1, 0.15) is 17.3 Å². The number of amides is 2. The van der Waals surface area contributed by atoms with Crippen LogP contribution in [0.25, 0.3) is 0 Å². The van der Waals surface area contributed by atoms with Crippen LogP contribution in [0.5, 0.6) is 11.5 Å². The molecule has 3 atom stereocenters. The molecule has 0 unspecified atom stereocenters. The van der Waals surface area contributed by atoms with E-state index in [1.165, 1.54) is 36.4 Å². The van der Waals surface area contributed by atoms with Crippen molar-refractivity contribution in [3.05, 3.63) is 89.7 Å². The Morgan fingerprint density at radius 1 is 1.00 bits per heavy atom. The number of phenolic OH excluding ortho intramolecular Hbond substituents is 2. The molecule has 160 valence electrons. The van der Waals surface area contributed by atoms with Crippen molar-refractivity contribution in [2.45, 2.75) is 31.0 Å². The third-order valence-corrected chi connectivity index (χ3v) is 5.56. The highest BCUT2D eigenvalue weighted by Crippen LogP contribution is 2.41. The van der Waals surface area contributed by atoms with E-state index in [1.807, 2.05) is 18.2 Å². The third-order valence-electron chi connectivity index (χ3n) is 5.56. The van der Waals surface area contributed by atoms with Crippen LogP contribution < -0.4 is 10.2 Å². The molecule has 0 aromatic heterocycles. The van der Waals surface area contributed by atoms with Gasteiger partial charge in [-0.15, -0.1) is 0 Å². The van der Waals surface area contributed by atoms with Crippen molar-refractivity contribution in [2.24, 2.45) is 0 Å². The topological polar surface area (TPSA) is 93.0 Å². The van der Waals surface area contributed by atoms with Crippen molar-refractivity contribution in [1.82, 2.24) is 5.32 Å². The molecule has 0 saturated carbocycles. The summed E-state index contributed by atoms with van der Waals surface area (Å²) in [6.07, 6.45) is -0.0787. The summed E-state index contributed by atoms with van der Waals surface area (Å²) in [5.74, 6) is -0.569. The average Bonchev–Trinajstić information content (AvgIpc) is 3.09. The number of aliphatic hydroxyl groups is 1. The van der Waals surface area contributed by atoms with Crippen molar-refractivity contribution >= 4 is 11.7 Å². The lowest BCUT2D eigenvalue weighted by molar-refractivity contribution is 0.159. The number of aliphatic hydroxyl groups excluding tert-OH is 1. The van der Waals surface area contributed by atoms with E-state index < -0.39 is 18.2 Å². The summed E-state index contributed by atoms with van der Waals surface area (Å²) < 4.78 is 13.2. The third kappa shape index (κ3) is 4.32. The number of anilines is 1. The highest BCUT2D eigenvalue weighted by atomic mass is 19.1. The van der Waals surface area contributed by atoms with E-state index in [0.717, 1.165) is 0 Å². The van der Waals surface area contributed by atoms with E-state index in [-0.39, 0.29) is 23.3 Å². The molecule has 3 aromatic carbocycles. The summed E-state index contributed by atoms with van der Waals surface area (Å²) in [5, 5.41) is 33.7. The number of carbonyl (C=O) groups excluding carboxylic acids is 1. The van der Waals surface area contributed by atoms with Crippen molar-refractivity contribution in [1.29, 1.82) is 0 Å². The smallest absolute Gasteiger partial charge is 0.322 e. The molecule has 1 saturated heterocycles. The van der Waals surface area contributed by atoms with Gasteiger partial charge in [0.05, 0.1) is 18.2 Å². The fourth-order valence-corrected chi connectivity index (χ4v) is 4.04. The minimum Gasteiger partial charge on any atom is -0.508 e. The highest BCUT2D eigenvalue weighted by molar-refractivity contribution is 5.96. The van der Waals surface area contributed by atoms with E-state index >= 15 is 0 Å². The average molecular weight is 422 g/mol. The molecule has 3 aromatic rings. The predicted octanol–water partition coefficient (Wildman–Crippen LogP) is 4.39. The van der Waals surface area contributed by atoms with Crippen molar-refractivity contribution in [3.63, 3.8) is 0 Å². The standard InChI is InChI=1S/C24H23FN2O4/c25-16-8-6-15(7-9-16)21(29)13-12-20-23(19-11-10-18(28)14-22(19)30)27(24(31)26-20)17-4-2-1-3-5-17/h1-11,14,20-21,23,28-30H,12-13H2,(H,26,31)/t20-,21+,23-/m1/s1. The molecule has 2 amide bonds. The summed E-state index contributed by atoms with van der Waals surface area (Å²) in [6, 6.07) is 17.8. The van der Waals surface area contributed by atoms with Crippen LogP contribution in [0.15, 0.2) is 72.8 Å². The molecule has 1 fully saturated rings. The highest BCUT2D eigenvalue weighted by Gasteiger charge is 2.42. The van der Waals surface area contributed by atoms with E-state index in [4.69, 9.17) is 0 Å². The number of halogens is 1. The van der Waals surface area contributed by atoms with Crippen LogP contribution in [0, 0.1) is 5.82 Å². The van der Waals surface area contributed by atoms with Gasteiger partial charge in [-0.1, -0.05) is 30.3 Å². The largest absolute Gasteiger partial charge is 0.508 e. The Morgan fingerprint density at radius 3 is 2.39 bits per heavy atom. The fourth-order valence-electron chi connectivity index (χ4n) is 4.04. The molecule has 1 aliphatic heterocycles. The van der Waals surface area contributed by atoms with Gasteiger partial charge in [-0.05, 0) is 54.8 Å². The first-order valence-corrected chi connectivity index (χ1v) is 10.0. The number of rotatable bonds is 6. The molecule has 0 aliphatic carbocycles. The number of para-hydroxylation sites is 1. The molecule has 7 heteroatoms. The lowest BCUT2D eigenvalue weighted by Crippen LogP contribution is -2.29. The molecule has 0 radical (unpaired) electrons. The maximum absolute atomic E-state index is 13.2. The molecule has 6 nitrogen and oxygen atoms in total. The van der Waals surface area contributed by atoms with E-state index in [0.29, 0.717) is 29.7 Å². The van der Waals surface area contributed by atoms with Gasteiger partial charge in [0.2, 0.25) is 0 Å². The van der Waals surface area contributed by atoms with E-state index in [9.17, 15) is 24.5 Å². The van der Waals surface area contributed by atoms with Crippen LogP contribution in [0.3, 0.4) is 0 Å². The molecule has 31 heavy (non-hydrogen) atoms. The van der Waals surface area contributed by atoms with Gasteiger partial charge in [0.15, 0.2) is 0 Å². The first-order chi connectivity index (χ1) is 14.9. The number of nitrogens with one attached hydrogen (secondary N) is 1. The monoisotopic (exact) mass is 422 g/mol. The summed E-state index contributed by atoms with van der Waals surface area (Å²) in [4.78, 5) is 14.4. The minimum absolute atomic E-state index is 0.0759. The zero-order chi connectivity index (χ0) is 22.0. The number of nitrogens with zero attached hydrogens (tertiary/aromatic N) is 1. The van der Waals surface area contributed by atoms with Gasteiger partial charge >= 0.3 is 6.03 Å². The number of benzene rings is 3. The number of carbonyl (C=O) groups is 1. The lowest BCUT2D eigenvalue weighted by atomic mass is 9.92. The van der Waals surface area contributed by atoms with Crippen LogP contribution in [0.4, 0.5) is 14.9 Å². The van der Waals surface area contributed by atoms with Crippen molar-refractivity contribution < 1.29 is 24.5 Å². The SMILES string of the molecule is O=C1N[C@H](CC[C@H](O)c2ccc(F)cc2)[C@@H](c2ccc(O)cc2O)N1c1ccccc1. The number of phenols is 2. The Balaban J connectivity index is 1.62. The van der Waals surface area contributed by atoms with Gasteiger partial charge in [-0.3, -0.25) is 4.90 Å². The van der Waals surface area contributed by atoms with Gasteiger partial charge in [0.25, 0.3) is 0 Å². The normalized spacial score (nSPS) is 19.3. The number of hydrogen-bond donors (Lipinski definition) is 4. The fraction of sp³-hybridized carbons (Fsp3) is 0.208. The predicted molar refractivity (Wildman–Crippen MR) is 114 cm³/mol.